The molecule has 1 aliphatic carbocycles. The van der Waals surface area contributed by atoms with Crippen molar-refractivity contribution in [3.63, 3.8) is 0 Å². The molecule has 0 bridgehead atoms. The molecule has 0 aliphatic heterocycles. The molecule has 2 aromatic rings. The number of amides is 1. The molecule has 3 rings (SSSR count). The Bertz CT molecular complexity index is 640. The summed E-state index contributed by atoms with van der Waals surface area (Å²) in [6, 6.07) is 7.99. The van der Waals surface area contributed by atoms with Gasteiger partial charge in [0.25, 0.3) is 0 Å². The number of nitrogens with one attached hydrogen (secondary N) is 2. The molecule has 1 fully saturated rings. The molecule has 1 heterocycles. The van der Waals surface area contributed by atoms with E-state index >= 15 is 0 Å². The van der Waals surface area contributed by atoms with Crippen LogP contribution in [0.5, 0.6) is 0 Å². The summed E-state index contributed by atoms with van der Waals surface area (Å²) in [4.78, 5) is 20.5. The number of carbonyl (C=O) groups is 1. The van der Waals surface area contributed by atoms with Gasteiger partial charge in [-0.2, -0.15) is 0 Å². The second-order valence-electron chi connectivity index (χ2n) is 6.64. The van der Waals surface area contributed by atoms with Crippen molar-refractivity contribution in [2.75, 3.05) is 0 Å². The molecule has 3 atom stereocenters. The highest BCUT2D eigenvalue weighted by Gasteiger charge is 2.30. The van der Waals surface area contributed by atoms with Gasteiger partial charge in [0.2, 0.25) is 5.91 Å². The molecule has 1 saturated carbocycles. The minimum absolute atomic E-state index is 0. The fourth-order valence-corrected chi connectivity index (χ4v) is 3.20. The topological polar surface area (TPSA) is 83.8 Å². The Hall–Kier alpha value is -1.30. The molecule has 1 aromatic carbocycles. The standard InChI is InChI=1S/C17H24N4O.2ClH/c1-10(2)15(21-17(22)11-7-8-12(18)9-11)16-19-13-5-3-4-6-14(13)20-16;;/h3-6,10-12,15H,7-9,18H2,1-2H3,(H,19,20)(H,21,22);2*1H. The van der Waals surface area contributed by atoms with Gasteiger partial charge < -0.3 is 16.0 Å². The lowest BCUT2D eigenvalue weighted by Gasteiger charge is -2.22. The number of imidazole rings is 1. The maximum absolute atomic E-state index is 12.5. The van der Waals surface area contributed by atoms with Crippen LogP contribution in [0.15, 0.2) is 24.3 Å². The maximum atomic E-state index is 12.5. The summed E-state index contributed by atoms with van der Waals surface area (Å²) in [5.41, 5.74) is 7.85. The molecule has 3 unspecified atom stereocenters. The summed E-state index contributed by atoms with van der Waals surface area (Å²) < 4.78 is 0. The first-order valence-electron chi connectivity index (χ1n) is 8.05. The van der Waals surface area contributed by atoms with Crippen LogP contribution in [0.1, 0.15) is 45.0 Å². The van der Waals surface area contributed by atoms with Crippen molar-refractivity contribution in [2.24, 2.45) is 17.6 Å². The van der Waals surface area contributed by atoms with Crippen LogP contribution in [0.3, 0.4) is 0 Å². The molecule has 1 aliphatic rings. The number of rotatable bonds is 4. The van der Waals surface area contributed by atoms with Crippen LogP contribution >= 0.6 is 24.8 Å². The van der Waals surface area contributed by atoms with E-state index in [1.807, 2.05) is 24.3 Å². The highest BCUT2D eigenvalue weighted by atomic mass is 35.5. The summed E-state index contributed by atoms with van der Waals surface area (Å²) >= 11 is 0. The number of nitrogens with zero attached hydrogens (tertiary/aromatic N) is 1. The number of para-hydroxylation sites is 2. The number of nitrogens with two attached hydrogens (primary N) is 1. The van der Waals surface area contributed by atoms with Crippen LogP contribution < -0.4 is 11.1 Å². The van der Waals surface area contributed by atoms with Gasteiger partial charge in [0, 0.05) is 12.0 Å². The quantitative estimate of drug-likeness (QED) is 0.769. The molecular formula is C17H26Cl2N4O. The lowest BCUT2D eigenvalue weighted by molar-refractivity contribution is -0.126. The van der Waals surface area contributed by atoms with Crippen molar-refractivity contribution >= 4 is 41.8 Å². The Labute approximate surface area is 155 Å². The van der Waals surface area contributed by atoms with E-state index in [-0.39, 0.29) is 54.6 Å². The smallest absolute Gasteiger partial charge is 0.223 e. The van der Waals surface area contributed by atoms with Crippen molar-refractivity contribution in [1.82, 2.24) is 15.3 Å². The first kappa shape index (κ1) is 20.7. The van der Waals surface area contributed by atoms with Crippen LogP contribution in [-0.2, 0) is 4.79 Å². The summed E-state index contributed by atoms with van der Waals surface area (Å²) in [5, 5.41) is 3.17. The molecule has 1 aromatic heterocycles. The number of hydrogen-bond donors (Lipinski definition) is 3. The highest BCUT2D eigenvalue weighted by Crippen LogP contribution is 2.27. The van der Waals surface area contributed by atoms with Gasteiger partial charge in [0.05, 0.1) is 17.1 Å². The zero-order valence-electron chi connectivity index (χ0n) is 14.0. The number of aromatic nitrogens is 2. The molecule has 0 saturated heterocycles. The van der Waals surface area contributed by atoms with Gasteiger partial charge in [-0.25, -0.2) is 4.98 Å². The fourth-order valence-electron chi connectivity index (χ4n) is 3.20. The number of benzene rings is 1. The normalized spacial score (nSPS) is 21.2. The van der Waals surface area contributed by atoms with Crippen LogP contribution in [0.4, 0.5) is 0 Å². The molecule has 5 nitrogen and oxygen atoms in total. The Morgan fingerprint density at radius 2 is 2.00 bits per heavy atom. The predicted molar refractivity (Wildman–Crippen MR) is 102 cm³/mol. The van der Waals surface area contributed by atoms with Crippen molar-refractivity contribution in [2.45, 2.75) is 45.2 Å². The SMILES string of the molecule is CC(C)C(NC(=O)C1CCC(N)C1)c1nc2ccccc2[nH]1.Cl.Cl. The molecule has 0 spiro atoms. The van der Waals surface area contributed by atoms with E-state index in [1.54, 1.807) is 0 Å². The van der Waals surface area contributed by atoms with Crippen molar-refractivity contribution in [1.29, 1.82) is 0 Å². The molecule has 7 heteroatoms. The van der Waals surface area contributed by atoms with Gasteiger partial charge in [-0.1, -0.05) is 26.0 Å². The van der Waals surface area contributed by atoms with Gasteiger partial charge >= 0.3 is 0 Å². The zero-order chi connectivity index (χ0) is 15.7. The van der Waals surface area contributed by atoms with Crippen LogP contribution in [0, 0.1) is 11.8 Å². The number of halogens is 2. The zero-order valence-corrected chi connectivity index (χ0v) is 15.6. The number of fused-ring (bicyclic) bond motifs is 1. The number of hydrogen-bond acceptors (Lipinski definition) is 3. The summed E-state index contributed by atoms with van der Waals surface area (Å²) in [6.45, 7) is 4.19. The van der Waals surface area contributed by atoms with Crippen LogP contribution in [-0.4, -0.2) is 21.9 Å². The van der Waals surface area contributed by atoms with E-state index in [0.29, 0.717) is 0 Å². The fraction of sp³-hybridized carbons (Fsp3) is 0.529. The first-order chi connectivity index (χ1) is 10.5. The van der Waals surface area contributed by atoms with E-state index in [2.05, 4.69) is 29.1 Å². The van der Waals surface area contributed by atoms with Gasteiger partial charge in [-0.3, -0.25) is 4.79 Å². The second-order valence-corrected chi connectivity index (χ2v) is 6.64. The van der Waals surface area contributed by atoms with Gasteiger partial charge in [0.1, 0.15) is 5.82 Å². The molecule has 4 N–H and O–H groups in total. The van der Waals surface area contributed by atoms with Gasteiger partial charge in [-0.05, 0) is 37.3 Å². The Kier molecular flexibility index (Phi) is 7.52. The lowest BCUT2D eigenvalue weighted by atomic mass is 10.0. The van der Waals surface area contributed by atoms with E-state index in [0.717, 1.165) is 36.1 Å². The third-order valence-corrected chi connectivity index (χ3v) is 4.51. The first-order valence-corrected chi connectivity index (χ1v) is 8.05. The molecule has 24 heavy (non-hydrogen) atoms. The summed E-state index contributed by atoms with van der Waals surface area (Å²) in [5.74, 6) is 1.24. The summed E-state index contributed by atoms with van der Waals surface area (Å²) in [7, 11) is 0. The van der Waals surface area contributed by atoms with E-state index in [9.17, 15) is 4.79 Å². The Morgan fingerprint density at radius 1 is 1.29 bits per heavy atom. The van der Waals surface area contributed by atoms with Crippen LogP contribution in [0.25, 0.3) is 11.0 Å². The summed E-state index contributed by atoms with van der Waals surface area (Å²) in [6.07, 6.45) is 2.61. The lowest BCUT2D eigenvalue weighted by Crippen LogP contribution is -2.36. The van der Waals surface area contributed by atoms with Crippen molar-refractivity contribution < 1.29 is 4.79 Å². The van der Waals surface area contributed by atoms with E-state index in [1.165, 1.54) is 0 Å². The monoisotopic (exact) mass is 372 g/mol. The third kappa shape index (κ3) is 4.41. The minimum atomic E-state index is -0.100. The second kappa shape index (κ2) is 8.70. The number of carbonyl (C=O) groups excluding carboxylic acids is 1. The largest absolute Gasteiger partial charge is 0.346 e. The average Bonchev–Trinajstić information content (AvgIpc) is 3.09. The van der Waals surface area contributed by atoms with Crippen LogP contribution in [0.2, 0.25) is 0 Å². The Balaban J connectivity index is 0.00000144. The Morgan fingerprint density at radius 3 is 2.58 bits per heavy atom. The maximum Gasteiger partial charge on any atom is 0.223 e. The average molecular weight is 373 g/mol. The number of aromatic amines is 1. The van der Waals surface area contributed by atoms with E-state index in [4.69, 9.17) is 5.73 Å². The van der Waals surface area contributed by atoms with Crippen molar-refractivity contribution in [3.05, 3.63) is 30.1 Å². The highest BCUT2D eigenvalue weighted by molar-refractivity contribution is 5.85. The number of H-pyrrole nitrogens is 1. The van der Waals surface area contributed by atoms with Crippen molar-refractivity contribution in [3.8, 4) is 0 Å². The third-order valence-electron chi connectivity index (χ3n) is 4.51. The molecule has 134 valence electrons. The molecular weight excluding hydrogens is 347 g/mol. The minimum Gasteiger partial charge on any atom is -0.346 e. The predicted octanol–water partition coefficient (Wildman–Crippen LogP) is 3.35. The van der Waals surface area contributed by atoms with E-state index < -0.39 is 0 Å². The van der Waals surface area contributed by atoms with Gasteiger partial charge in [0.15, 0.2) is 0 Å². The molecule has 0 radical (unpaired) electrons. The molecule has 1 amide bonds. The van der Waals surface area contributed by atoms with Gasteiger partial charge in [-0.15, -0.1) is 24.8 Å².